The van der Waals surface area contributed by atoms with Gasteiger partial charge in [0.2, 0.25) is 0 Å². The third-order valence-electron chi connectivity index (χ3n) is 5.72. The molecule has 0 saturated carbocycles. The molecule has 2 atom stereocenters. The zero-order valence-electron chi connectivity index (χ0n) is 15.8. The van der Waals surface area contributed by atoms with Crippen LogP contribution in [0.4, 0.5) is 10.5 Å². The second-order valence-electron chi connectivity index (χ2n) is 7.52. The van der Waals surface area contributed by atoms with Crippen molar-refractivity contribution in [3.63, 3.8) is 0 Å². The van der Waals surface area contributed by atoms with Crippen LogP contribution in [0.15, 0.2) is 30.3 Å². The molecule has 0 radical (unpaired) electrons. The van der Waals surface area contributed by atoms with Gasteiger partial charge >= 0.3 is 6.03 Å². The first-order valence-electron chi connectivity index (χ1n) is 9.48. The number of rotatable bonds is 2. The van der Waals surface area contributed by atoms with Crippen LogP contribution in [-0.4, -0.2) is 57.3 Å². The van der Waals surface area contributed by atoms with E-state index in [0.29, 0.717) is 6.04 Å². The summed E-state index contributed by atoms with van der Waals surface area (Å²) in [6.45, 7) is 9.05. The number of anilines is 1. The molecule has 2 aliphatic rings. The van der Waals surface area contributed by atoms with E-state index in [-0.39, 0.29) is 12.1 Å². The quantitative estimate of drug-likeness (QED) is 0.902. The number of nitrogens with zero attached hydrogens (tertiary/aromatic N) is 4. The van der Waals surface area contributed by atoms with Crippen molar-refractivity contribution in [1.29, 1.82) is 0 Å². The number of aryl methyl sites for hydroxylation is 1. The van der Waals surface area contributed by atoms with Gasteiger partial charge in [-0.1, -0.05) is 18.2 Å². The third kappa shape index (κ3) is 2.98. The molecule has 2 aliphatic heterocycles. The highest BCUT2D eigenvalue weighted by atomic mass is 16.2. The van der Waals surface area contributed by atoms with Crippen molar-refractivity contribution >= 4 is 11.7 Å². The van der Waals surface area contributed by atoms with Gasteiger partial charge in [-0.05, 0) is 52.3 Å². The minimum Gasteiger partial charge on any atom is -0.319 e. The molecule has 1 aromatic carbocycles. The van der Waals surface area contributed by atoms with Gasteiger partial charge in [0.25, 0.3) is 0 Å². The highest BCUT2D eigenvalue weighted by Crippen LogP contribution is 2.27. The van der Waals surface area contributed by atoms with Gasteiger partial charge in [0.1, 0.15) is 0 Å². The number of hydrogen-bond donors (Lipinski definition) is 1. The number of piperazine rings is 1. The van der Waals surface area contributed by atoms with E-state index in [9.17, 15) is 4.79 Å². The zero-order valence-corrected chi connectivity index (χ0v) is 15.8. The summed E-state index contributed by atoms with van der Waals surface area (Å²) in [5.41, 5.74) is 3.61. The second-order valence-corrected chi connectivity index (χ2v) is 7.52. The van der Waals surface area contributed by atoms with Gasteiger partial charge in [0, 0.05) is 25.2 Å². The summed E-state index contributed by atoms with van der Waals surface area (Å²) in [6.07, 6.45) is 2.44. The first-order chi connectivity index (χ1) is 12.5. The number of aromatic nitrogens is 2. The van der Waals surface area contributed by atoms with Crippen LogP contribution in [-0.2, 0) is 0 Å². The first kappa shape index (κ1) is 17.1. The fourth-order valence-electron chi connectivity index (χ4n) is 4.29. The summed E-state index contributed by atoms with van der Waals surface area (Å²) < 4.78 is 1.89. The minimum absolute atomic E-state index is 0.0112. The lowest BCUT2D eigenvalue weighted by Crippen LogP contribution is -2.57. The fraction of sp³-hybridized carbons (Fsp3) is 0.500. The van der Waals surface area contributed by atoms with Crippen LogP contribution in [0.1, 0.15) is 31.2 Å². The molecular weight excluding hydrogens is 326 g/mol. The first-order valence-corrected chi connectivity index (χ1v) is 9.48. The molecule has 2 fully saturated rings. The molecule has 3 heterocycles. The van der Waals surface area contributed by atoms with E-state index < -0.39 is 0 Å². The summed E-state index contributed by atoms with van der Waals surface area (Å²) in [5.74, 6) is 0. The number of nitrogens with one attached hydrogen (secondary N) is 1. The Bertz CT molecular complexity index is 800. The SMILES string of the molecule is Cc1nn(-c2ccccc2)c(C)c1NC(=O)N1C[C@H]2CCCN2C[C@H]1C. The number of carbonyl (C=O) groups is 1. The summed E-state index contributed by atoms with van der Waals surface area (Å²) in [5, 5.41) is 7.76. The maximum absolute atomic E-state index is 13.0. The number of benzene rings is 1. The lowest BCUT2D eigenvalue weighted by atomic mass is 10.1. The van der Waals surface area contributed by atoms with Gasteiger partial charge < -0.3 is 10.2 Å². The van der Waals surface area contributed by atoms with Crippen LogP contribution < -0.4 is 5.32 Å². The van der Waals surface area contributed by atoms with Crippen LogP contribution in [0.25, 0.3) is 5.69 Å². The zero-order chi connectivity index (χ0) is 18.3. The standard InChI is InChI=1S/C20H27N5O/c1-14-12-23-11-7-10-18(23)13-24(14)20(26)21-19-15(2)22-25(16(19)3)17-8-5-4-6-9-17/h4-6,8-9,14,18H,7,10-13H2,1-3H3,(H,21,26)/t14-,18-/m1/s1. The average molecular weight is 353 g/mol. The van der Waals surface area contributed by atoms with Crippen LogP contribution in [0.5, 0.6) is 0 Å². The van der Waals surface area contributed by atoms with Crippen LogP contribution in [0.3, 0.4) is 0 Å². The number of fused-ring (bicyclic) bond motifs is 1. The molecular formula is C20H27N5O. The van der Waals surface area contributed by atoms with Crippen molar-refractivity contribution in [2.75, 3.05) is 25.0 Å². The monoisotopic (exact) mass is 353 g/mol. The Morgan fingerprint density at radius 3 is 2.73 bits per heavy atom. The fourth-order valence-corrected chi connectivity index (χ4v) is 4.29. The number of para-hydroxylation sites is 1. The summed E-state index contributed by atoms with van der Waals surface area (Å²) in [6, 6.07) is 10.8. The van der Waals surface area contributed by atoms with E-state index in [1.807, 2.05) is 53.8 Å². The molecule has 2 amide bonds. The molecule has 26 heavy (non-hydrogen) atoms. The van der Waals surface area contributed by atoms with Gasteiger partial charge in [0.05, 0.1) is 22.8 Å². The predicted octanol–water partition coefficient (Wildman–Crippen LogP) is 3.19. The van der Waals surface area contributed by atoms with Crippen LogP contribution in [0.2, 0.25) is 0 Å². The van der Waals surface area contributed by atoms with Gasteiger partial charge in [0.15, 0.2) is 0 Å². The summed E-state index contributed by atoms with van der Waals surface area (Å²) in [7, 11) is 0. The maximum atomic E-state index is 13.0. The normalized spacial score (nSPS) is 23.1. The van der Waals surface area contributed by atoms with Crippen LogP contribution in [0, 0.1) is 13.8 Å². The second kappa shape index (κ2) is 6.76. The van der Waals surface area contributed by atoms with Crippen molar-refractivity contribution in [1.82, 2.24) is 19.6 Å². The molecule has 2 saturated heterocycles. The molecule has 0 bridgehead atoms. The highest BCUT2D eigenvalue weighted by molar-refractivity contribution is 5.91. The van der Waals surface area contributed by atoms with Gasteiger partial charge in [-0.15, -0.1) is 0 Å². The molecule has 2 aromatic rings. The Labute approximate surface area is 154 Å². The Kier molecular flexibility index (Phi) is 4.44. The minimum atomic E-state index is -0.0112. The Morgan fingerprint density at radius 1 is 1.19 bits per heavy atom. The Morgan fingerprint density at radius 2 is 1.96 bits per heavy atom. The Hall–Kier alpha value is -2.34. The van der Waals surface area contributed by atoms with E-state index in [2.05, 4.69) is 22.2 Å². The van der Waals surface area contributed by atoms with Gasteiger partial charge in [-0.2, -0.15) is 5.10 Å². The molecule has 0 aliphatic carbocycles. The number of amides is 2. The van der Waals surface area contributed by atoms with E-state index in [0.717, 1.165) is 35.9 Å². The van der Waals surface area contributed by atoms with Crippen molar-refractivity contribution in [3.8, 4) is 5.69 Å². The average Bonchev–Trinajstić information content (AvgIpc) is 3.20. The molecule has 1 aromatic heterocycles. The molecule has 0 spiro atoms. The largest absolute Gasteiger partial charge is 0.322 e. The van der Waals surface area contributed by atoms with Crippen molar-refractivity contribution in [2.24, 2.45) is 0 Å². The third-order valence-corrected chi connectivity index (χ3v) is 5.72. The summed E-state index contributed by atoms with van der Waals surface area (Å²) >= 11 is 0. The van der Waals surface area contributed by atoms with Crippen molar-refractivity contribution < 1.29 is 4.79 Å². The van der Waals surface area contributed by atoms with Crippen molar-refractivity contribution in [3.05, 3.63) is 41.7 Å². The maximum Gasteiger partial charge on any atom is 0.322 e. The van der Waals surface area contributed by atoms with Crippen LogP contribution >= 0.6 is 0 Å². The van der Waals surface area contributed by atoms with E-state index in [1.165, 1.54) is 19.4 Å². The number of urea groups is 1. The Balaban J connectivity index is 1.54. The van der Waals surface area contributed by atoms with Crippen molar-refractivity contribution in [2.45, 2.75) is 45.7 Å². The van der Waals surface area contributed by atoms with Gasteiger partial charge in [-0.3, -0.25) is 4.90 Å². The topological polar surface area (TPSA) is 53.4 Å². The molecule has 0 unspecified atom stereocenters. The smallest absolute Gasteiger partial charge is 0.319 e. The molecule has 4 rings (SSSR count). The molecule has 6 nitrogen and oxygen atoms in total. The lowest BCUT2D eigenvalue weighted by molar-refractivity contribution is 0.0861. The summed E-state index contributed by atoms with van der Waals surface area (Å²) in [4.78, 5) is 17.5. The van der Waals surface area contributed by atoms with E-state index in [1.54, 1.807) is 0 Å². The number of hydrogen-bond acceptors (Lipinski definition) is 3. The highest BCUT2D eigenvalue weighted by Gasteiger charge is 2.36. The lowest BCUT2D eigenvalue weighted by Gasteiger charge is -2.42. The molecule has 6 heteroatoms. The predicted molar refractivity (Wildman–Crippen MR) is 103 cm³/mol. The molecule has 1 N–H and O–H groups in total. The van der Waals surface area contributed by atoms with Gasteiger partial charge in [-0.25, -0.2) is 9.48 Å². The van der Waals surface area contributed by atoms with E-state index in [4.69, 9.17) is 0 Å². The van der Waals surface area contributed by atoms with E-state index >= 15 is 0 Å². The number of carbonyl (C=O) groups excluding carboxylic acids is 1. The molecule has 138 valence electrons.